The molecule has 1 aromatic rings. The molecule has 0 aliphatic rings. The number of hydrogen-bond donors (Lipinski definition) is 0. The van der Waals surface area contributed by atoms with E-state index in [1.54, 1.807) is 6.07 Å². The summed E-state index contributed by atoms with van der Waals surface area (Å²) in [5.41, 5.74) is 0. The summed E-state index contributed by atoms with van der Waals surface area (Å²) in [6, 6.07) is 7.02. The molecule has 0 fully saturated rings. The van der Waals surface area contributed by atoms with Crippen LogP contribution in [-0.2, 0) is 0 Å². The minimum Gasteiger partial charge on any atom is -0.493 e. The lowest BCUT2D eigenvalue weighted by Crippen LogP contribution is -1.96. The normalized spacial score (nSPS) is 10.8. The second-order valence-corrected chi connectivity index (χ2v) is 3.24. The lowest BCUT2D eigenvalue weighted by Gasteiger charge is -2.04. The topological polar surface area (TPSA) is 9.23 Å². The molecule has 0 bridgehead atoms. The van der Waals surface area contributed by atoms with Crippen molar-refractivity contribution in [1.82, 2.24) is 0 Å². The van der Waals surface area contributed by atoms with Gasteiger partial charge in [0.05, 0.1) is 6.61 Å². The molecule has 0 aliphatic carbocycles. The highest BCUT2D eigenvalue weighted by atomic mass is 19.1. The molecule has 15 heavy (non-hydrogen) atoms. The van der Waals surface area contributed by atoms with Gasteiger partial charge in [0, 0.05) is 12.1 Å². The third kappa shape index (κ3) is 5.21. The van der Waals surface area contributed by atoms with E-state index in [-0.39, 0.29) is 5.82 Å². The van der Waals surface area contributed by atoms with Gasteiger partial charge in [-0.15, -0.1) is 0 Å². The minimum absolute atomic E-state index is 0.377. The van der Waals surface area contributed by atoms with Crippen LogP contribution in [0.5, 0.6) is 5.75 Å². The summed E-state index contributed by atoms with van der Waals surface area (Å²) in [4.78, 5) is 0. The molecule has 1 nitrogen and oxygen atoms in total. The molecular formula is C13H16FO. The highest BCUT2D eigenvalue weighted by Crippen LogP contribution is 2.11. The van der Waals surface area contributed by atoms with E-state index >= 15 is 0 Å². The first kappa shape index (κ1) is 11.8. The molecule has 81 valence electrons. The molecule has 2 heteroatoms. The van der Waals surface area contributed by atoms with Gasteiger partial charge in [0.25, 0.3) is 0 Å². The Bertz CT molecular complexity index is 307. The Hall–Kier alpha value is -1.31. The molecule has 0 saturated carbocycles. The summed E-state index contributed by atoms with van der Waals surface area (Å²) < 4.78 is 18.1. The Kier molecular flexibility index (Phi) is 5.52. The highest BCUT2D eigenvalue weighted by molar-refractivity contribution is 5.21. The van der Waals surface area contributed by atoms with Gasteiger partial charge >= 0.3 is 0 Å². The van der Waals surface area contributed by atoms with E-state index in [2.05, 4.69) is 25.1 Å². The van der Waals surface area contributed by atoms with Crippen molar-refractivity contribution < 1.29 is 9.13 Å². The molecule has 0 unspecified atom stereocenters. The van der Waals surface area contributed by atoms with Gasteiger partial charge in [0.1, 0.15) is 11.6 Å². The zero-order valence-corrected chi connectivity index (χ0v) is 9.00. The zero-order chi connectivity index (χ0) is 10.9. The SMILES string of the molecule is CC/C=C/CCCOc1cc[c]c(F)c1. The fourth-order valence-corrected chi connectivity index (χ4v) is 1.18. The van der Waals surface area contributed by atoms with Gasteiger partial charge in [0.2, 0.25) is 0 Å². The van der Waals surface area contributed by atoms with Crippen LogP contribution >= 0.6 is 0 Å². The van der Waals surface area contributed by atoms with Crippen LogP contribution in [0.25, 0.3) is 0 Å². The van der Waals surface area contributed by atoms with Crippen molar-refractivity contribution in [2.75, 3.05) is 6.61 Å². The number of unbranched alkanes of at least 4 members (excludes halogenated alkanes) is 1. The second-order valence-electron chi connectivity index (χ2n) is 3.24. The van der Waals surface area contributed by atoms with Crippen LogP contribution in [0.15, 0.2) is 30.4 Å². The van der Waals surface area contributed by atoms with Gasteiger partial charge < -0.3 is 4.74 Å². The highest BCUT2D eigenvalue weighted by Gasteiger charge is 1.95. The Morgan fingerprint density at radius 2 is 2.33 bits per heavy atom. The minimum atomic E-state index is -0.377. The molecule has 1 rings (SSSR count). The van der Waals surface area contributed by atoms with Crippen LogP contribution < -0.4 is 4.74 Å². The Morgan fingerprint density at radius 1 is 1.47 bits per heavy atom. The summed E-state index contributed by atoms with van der Waals surface area (Å²) in [5.74, 6) is 0.198. The van der Waals surface area contributed by atoms with Gasteiger partial charge in [0.15, 0.2) is 0 Å². The van der Waals surface area contributed by atoms with Crippen molar-refractivity contribution in [1.29, 1.82) is 0 Å². The number of allylic oxidation sites excluding steroid dienone is 2. The van der Waals surface area contributed by atoms with E-state index in [0.717, 1.165) is 19.3 Å². The van der Waals surface area contributed by atoms with Gasteiger partial charge in [-0.1, -0.05) is 19.1 Å². The number of rotatable bonds is 6. The number of benzene rings is 1. The molecule has 0 saturated heterocycles. The molecule has 1 aromatic carbocycles. The smallest absolute Gasteiger partial charge is 0.134 e. The van der Waals surface area contributed by atoms with Gasteiger partial charge in [-0.05, 0) is 31.4 Å². The third-order valence-electron chi connectivity index (χ3n) is 1.92. The maximum atomic E-state index is 12.7. The van der Waals surface area contributed by atoms with Gasteiger partial charge in [-0.2, -0.15) is 0 Å². The first-order valence-corrected chi connectivity index (χ1v) is 5.28. The van der Waals surface area contributed by atoms with E-state index < -0.39 is 0 Å². The summed E-state index contributed by atoms with van der Waals surface area (Å²) in [6.45, 7) is 2.73. The van der Waals surface area contributed by atoms with E-state index in [1.165, 1.54) is 12.1 Å². The maximum absolute atomic E-state index is 12.7. The second kappa shape index (κ2) is 7.04. The average Bonchev–Trinajstić information content (AvgIpc) is 2.23. The number of halogens is 1. The van der Waals surface area contributed by atoms with Gasteiger partial charge in [-0.3, -0.25) is 0 Å². The summed E-state index contributed by atoms with van der Waals surface area (Å²) in [6.07, 6.45) is 7.31. The summed E-state index contributed by atoms with van der Waals surface area (Å²) in [5, 5.41) is 0. The monoisotopic (exact) mass is 207 g/mol. The maximum Gasteiger partial charge on any atom is 0.134 e. The van der Waals surface area contributed by atoms with Crippen LogP contribution in [0.2, 0.25) is 0 Å². The van der Waals surface area contributed by atoms with E-state index in [4.69, 9.17) is 4.74 Å². The lowest BCUT2D eigenvalue weighted by atomic mass is 10.3. The Balaban J connectivity index is 2.17. The van der Waals surface area contributed by atoms with E-state index in [1.807, 2.05) is 0 Å². The summed E-state index contributed by atoms with van der Waals surface area (Å²) >= 11 is 0. The van der Waals surface area contributed by atoms with Crippen LogP contribution in [0.3, 0.4) is 0 Å². The Labute approximate surface area is 90.6 Å². The van der Waals surface area contributed by atoms with Crippen molar-refractivity contribution in [3.8, 4) is 5.75 Å². The molecule has 0 atom stereocenters. The van der Waals surface area contributed by atoms with Crippen molar-refractivity contribution in [2.24, 2.45) is 0 Å². The fourth-order valence-electron chi connectivity index (χ4n) is 1.18. The van der Waals surface area contributed by atoms with Crippen LogP contribution in [-0.4, -0.2) is 6.61 Å². The number of ether oxygens (including phenoxy) is 1. The first-order chi connectivity index (χ1) is 7.33. The van der Waals surface area contributed by atoms with E-state index in [0.29, 0.717) is 12.4 Å². The quantitative estimate of drug-likeness (QED) is 0.510. The van der Waals surface area contributed by atoms with Crippen LogP contribution in [0.4, 0.5) is 4.39 Å². The van der Waals surface area contributed by atoms with Crippen molar-refractivity contribution in [3.63, 3.8) is 0 Å². The molecule has 0 aromatic heterocycles. The average molecular weight is 207 g/mol. The van der Waals surface area contributed by atoms with Gasteiger partial charge in [-0.25, -0.2) is 4.39 Å². The standard InChI is InChI=1S/C13H16FO/c1-2-3-4-5-6-10-15-13-9-7-8-12(14)11-13/h3-4,7,9,11H,2,5-6,10H2,1H3/b4-3+. The predicted molar refractivity (Wildman–Crippen MR) is 59.4 cm³/mol. The first-order valence-electron chi connectivity index (χ1n) is 5.28. The Morgan fingerprint density at radius 3 is 3.07 bits per heavy atom. The van der Waals surface area contributed by atoms with E-state index in [9.17, 15) is 4.39 Å². The van der Waals surface area contributed by atoms with Crippen LogP contribution in [0, 0.1) is 11.9 Å². The number of hydrogen-bond acceptors (Lipinski definition) is 1. The lowest BCUT2D eigenvalue weighted by molar-refractivity contribution is 0.310. The molecule has 0 aliphatic heterocycles. The molecular weight excluding hydrogens is 191 g/mol. The molecule has 0 heterocycles. The largest absolute Gasteiger partial charge is 0.493 e. The third-order valence-corrected chi connectivity index (χ3v) is 1.92. The molecule has 1 radical (unpaired) electrons. The van der Waals surface area contributed by atoms with Crippen molar-refractivity contribution in [2.45, 2.75) is 26.2 Å². The predicted octanol–water partition coefficient (Wildman–Crippen LogP) is 3.75. The fraction of sp³-hybridized carbons (Fsp3) is 0.385. The zero-order valence-electron chi connectivity index (χ0n) is 9.00. The molecule has 0 amide bonds. The molecule has 0 spiro atoms. The van der Waals surface area contributed by atoms with Crippen molar-refractivity contribution >= 4 is 0 Å². The van der Waals surface area contributed by atoms with Crippen LogP contribution in [0.1, 0.15) is 26.2 Å². The van der Waals surface area contributed by atoms with Crippen molar-refractivity contribution in [3.05, 3.63) is 42.2 Å². The molecule has 0 N–H and O–H groups in total. The summed E-state index contributed by atoms with van der Waals surface area (Å²) in [7, 11) is 0.